The highest BCUT2D eigenvalue weighted by atomic mass is 32.1. The minimum atomic E-state index is -1.66. The van der Waals surface area contributed by atoms with Crippen LogP contribution in [-0.2, 0) is 24.0 Å². The van der Waals surface area contributed by atoms with Crippen LogP contribution in [0.5, 0.6) is 0 Å². The predicted octanol–water partition coefficient (Wildman–Crippen LogP) is -3.18. The van der Waals surface area contributed by atoms with E-state index in [0.717, 1.165) is 0 Å². The molecule has 0 saturated carbocycles. The maximum atomic E-state index is 12.1. The van der Waals surface area contributed by atoms with Crippen LogP contribution in [0, 0.1) is 0 Å². The molecule has 0 rings (SSSR count). The number of carboxylic acids is 2. The van der Waals surface area contributed by atoms with Crippen molar-refractivity contribution in [1.29, 1.82) is 0 Å². The van der Waals surface area contributed by atoms with E-state index in [4.69, 9.17) is 15.9 Å². The van der Waals surface area contributed by atoms with Gasteiger partial charge in [0, 0.05) is 11.5 Å². The highest BCUT2D eigenvalue weighted by Gasteiger charge is 2.29. The summed E-state index contributed by atoms with van der Waals surface area (Å²) in [5.74, 6) is -5.51. The van der Waals surface area contributed by atoms with Gasteiger partial charge in [0.15, 0.2) is 0 Å². The van der Waals surface area contributed by atoms with Crippen LogP contribution in [0.2, 0.25) is 0 Å². The lowest BCUT2D eigenvalue weighted by Crippen LogP contribution is -2.57. The maximum absolute atomic E-state index is 12.1. The molecule has 3 atom stereocenters. The standard InChI is InChI=1S/C12H20N4O7S2/c13-2-8(17)14-6(3-24)10(20)16-7(4-25)11(21)15-5(12(22)23)1-9(18)19/h5-7,24-25H,1-4,13H2,(H,14,17)(H,15,21)(H,16,20)(H,18,19)(H,22,23). The molecule has 11 nitrogen and oxygen atoms in total. The van der Waals surface area contributed by atoms with E-state index in [0.29, 0.717) is 0 Å². The molecule has 0 aliphatic rings. The molecule has 0 fully saturated rings. The molecular weight excluding hydrogens is 376 g/mol. The molecule has 3 amide bonds. The number of rotatable bonds is 11. The zero-order valence-electron chi connectivity index (χ0n) is 13.0. The number of amides is 3. The van der Waals surface area contributed by atoms with Gasteiger partial charge in [-0.2, -0.15) is 25.3 Å². The molecular formula is C12H20N4O7S2. The molecule has 0 aromatic carbocycles. The third-order valence-corrected chi connectivity index (χ3v) is 3.56. The summed E-state index contributed by atoms with van der Waals surface area (Å²) >= 11 is 7.81. The molecule has 0 heterocycles. The number of aliphatic carboxylic acids is 2. The second kappa shape index (κ2) is 11.5. The number of carbonyl (C=O) groups excluding carboxylic acids is 3. The molecule has 0 aromatic heterocycles. The van der Waals surface area contributed by atoms with Gasteiger partial charge in [0.1, 0.15) is 18.1 Å². The van der Waals surface area contributed by atoms with Crippen molar-refractivity contribution in [3.8, 4) is 0 Å². The fraction of sp³-hybridized carbons (Fsp3) is 0.583. The van der Waals surface area contributed by atoms with E-state index in [2.05, 4.69) is 35.9 Å². The van der Waals surface area contributed by atoms with Crippen molar-refractivity contribution in [3.05, 3.63) is 0 Å². The second-order valence-electron chi connectivity index (χ2n) is 4.75. The zero-order chi connectivity index (χ0) is 19.6. The number of carboxylic acid groups (broad SMARTS) is 2. The fourth-order valence-corrected chi connectivity index (χ4v) is 2.08. The van der Waals surface area contributed by atoms with E-state index in [1.807, 2.05) is 5.32 Å². The van der Waals surface area contributed by atoms with Crippen molar-refractivity contribution in [2.75, 3.05) is 18.1 Å². The van der Waals surface area contributed by atoms with Gasteiger partial charge in [0.25, 0.3) is 0 Å². The molecule has 0 spiro atoms. The Hall–Kier alpha value is -1.99. The highest BCUT2D eigenvalue weighted by Crippen LogP contribution is 1.98. The van der Waals surface area contributed by atoms with Gasteiger partial charge in [-0.25, -0.2) is 4.79 Å². The summed E-state index contributed by atoms with van der Waals surface area (Å²) in [7, 11) is 0. The van der Waals surface area contributed by atoms with Crippen molar-refractivity contribution in [2.24, 2.45) is 5.73 Å². The number of nitrogens with one attached hydrogen (secondary N) is 3. The second-order valence-corrected chi connectivity index (χ2v) is 5.48. The number of thiol groups is 2. The molecule has 13 heteroatoms. The third-order valence-electron chi connectivity index (χ3n) is 2.83. The summed E-state index contributed by atoms with van der Waals surface area (Å²) in [6.45, 7) is -0.344. The van der Waals surface area contributed by atoms with E-state index in [1.165, 1.54) is 0 Å². The minimum Gasteiger partial charge on any atom is -0.481 e. The van der Waals surface area contributed by atoms with Crippen LogP contribution in [0.3, 0.4) is 0 Å². The van der Waals surface area contributed by atoms with Gasteiger partial charge in [0.2, 0.25) is 17.7 Å². The normalized spacial score (nSPS) is 13.9. The van der Waals surface area contributed by atoms with E-state index >= 15 is 0 Å². The van der Waals surface area contributed by atoms with Crippen molar-refractivity contribution >= 4 is 54.9 Å². The van der Waals surface area contributed by atoms with Gasteiger partial charge in [-0.1, -0.05) is 0 Å². The van der Waals surface area contributed by atoms with E-state index in [-0.39, 0.29) is 18.1 Å². The Balaban J connectivity index is 4.91. The summed E-state index contributed by atoms with van der Waals surface area (Å²) in [5.41, 5.74) is 5.13. The van der Waals surface area contributed by atoms with Crippen molar-refractivity contribution < 1.29 is 34.2 Å². The summed E-state index contributed by atoms with van der Waals surface area (Å²) < 4.78 is 0. The van der Waals surface area contributed by atoms with E-state index in [1.54, 1.807) is 0 Å². The van der Waals surface area contributed by atoms with Crippen molar-refractivity contribution in [3.63, 3.8) is 0 Å². The number of nitrogens with two attached hydrogens (primary N) is 1. The van der Waals surface area contributed by atoms with Gasteiger partial charge in [-0.3, -0.25) is 19.2 Å². The van der Waals surface area contributed by atoms with Crippen LogP contribution in [-0.4, -0.2) is 76.0 Å². The summed E-state index contributed by atoms with van der Waals surface area (Å²) in [6.07, 6.45) is -0.833. The Bertz CT molecular complexity index is 532. The zero-order valence-corrected chi connectivity index (χ0v) is 14.8. The molecule has 0 aromatic rings. The van der Waals surface area contributed by atoms with Crippen LogP contribution in [0.1, 0.15) is 6.42 Å². The quantitative estimate of drug-likeness (QED) is 0.168. The SMILES string of the molecule is NCC(=O)NC(CS)C(=O)NC(CS)C(=O)NC(CC(=O)O)C(=O)O. The van der Waals surface area contributed by atoms with Crippen molar-refractivity contribution in [1.82, 2.24) is 16.0 Å². The fourth-order valence-electron chi connectivity index (χ4n) is 1.56. The van der Waals surface area contributed by atoms with Crippen LogP contribution >= 0.6 is 25.3 Å². The first-order valence-corrected chi connectivity index (χ1v) is 8.19. The van der Waals surface area contributed by atoms with Gasteiger partial charge >= 0.3 is 11.9 Å². The topological polar surface area (TPSA) is 188 Å². The Morgan fingerprint density at radius 3 is 1.64 bits per heavy atom. The molecule has 0 aliphatic carbocycles. The van der Waals surface area contributed by atoms with Gasteiger partial charge in [-0.05, 0) is 0 Å². The average molecular weight is 396 g/mol. The van der Waals surface area contributed by atoms with Gasteiger partial charge in [-0.15, -0.1) is 0 Å². The Labute approximate surface area is 153 Å². The van der Waals surface area contributed by atoms with Crippen LogP contribution in [0.25, 0.3) is 0 Å². The van der Waals surface area contributed by atoms with Crippen molar-refractivity contribution in [2.45, 2.75) is 24.5 Å². The molecule has 25 heavy (non-hydrogen) atoms. The van der Waals surface area contributed by atoms with Gasteiger partial charge in [0.05, 0.1) is 13.0 Å². The van der Waals surface area contributed by atoms with E-state index in [9.17, 15) is 24.0 Å². The molecule has 0 aliphatic heterocycles. The van der Waals surface area contributed by atoms with Gasteiger partial charge < -0.3 is 31.9 Å². The maximum Gasteiger partial charge on any atom is 0.326 e. The first-order valence-electron chi connectivity index (χ1n) is 6.92. The van der Waals surface area contributed by atoms with Crippen LogP contribution in [0.15, 0.2) is 0 Å². The summed E-state index contributed by atoms with van der Waals surface area (Å²) in [5, 5.41) is 24.1. The average Bonchev–Trinajstić information content (AvgIpc) is 2.55. The Morgan fingerprint density at radius 1 is 0.840 bits per heavy atom. The van der Waals surface area contributed by atoms with Crippen LogP contribution in [0.4, 0.5) is 0 Å². The smallest absolute Gasteiger partial charge is 0.326 e. The lowest BCUT2D eigenvalue weighted by molar-refractivity contribution is -0.147. The monoisotopic (exact) mass is 396 g/mol. The lowest BCUT2D eigenvalue weighted by Gasteiger charge is -2.22. The van der Waals surface area contributed by atoms with Crippen LogP contribution < -0.4 is 21.7 Å². The summed E-state index contributed by atoms with van der Waals surface area (Å²) in [6, 6.07) is -3.98. The molecule has 0 saturated heterocycles. The predicted molar refractivity (Wildman–Crippen MR) is 92.4 cm³/mol. The molecule has 0 radical (unpaired) electrons. The Kier molecular flexibility index (Phi) is 10.6. The summed E-state index contributed by atoms with van der Waals surface area (Å²) in [4.78, 5) is 56.9. The van der Waals surface area contributed by atoms with E-state index < -0.39 is 54.2 Å². The number of hydrogen-bond acceptors (Lipinski definition) is 8. The lowest BCUT2D eigenvalue weighted by atomic mass is 10.2. The third kappa shape index (κ3) is 8.60. The Morgan fingerprint density at radius 2 is 1.28 bits per heavy atom. The molecule has 3 unspecified atom stereocenters. The largest absolute Gasteiger partial charge is 0.481 e. The first-order chi connectivity index (χ1) is 11.7. The number of carbonyl (C=O) groups is 5. The first kappa shape index (κ1) is 23.0. The highest BCUT2D eigenvalue weighted by molar-refractivity contribution is 7.80. The molecule has 0 bridgehead atoms. The minimum absolute atomic E-state index is 0.0742. The molecule has 7 N–H and O–H groups in total. The molecule has 142 valence electrons. The number of hydrogen-bond donors (Lipinski definition) is 8.